The van der Waals surface area contributed by atoms with Crippen molar-refractivity contribution in [3.63, 3.8) is 0 Å². The van der Waals surface area contributed by atoms with Crippen LogP contribution in [-0.2, 0) is 0 Å². The molecule has 0 aliphatic rings. The number of halogens is 1. The first-order valence-electron chi connectivity index (χ1n) is 5.66. The molecule has 0 radical (unpaired) electrons. The third-order valence-corrected chi connectivity index (χ3v) is 2.96. The van der Waals surface area contributed by atoms with E-state index in [2.05, 4.69) is 10.3 Å². The number of hydrogen-bond acceptors (Lipinski definition) is 4. The molecular weight excluding hydrogens is 282 g/mol. The van der Waals surface area contributed by atoms with Gasteiger partial charge in [0.2, 0.25) is 0 Å². The number of carbonyl (C=O) groups excluding carboxylic acids is 1. The van der Waals surface area contributed by atoms with Crippen molar-refractivity contribution in [2.24, 2.45) is 0 Å². The van der Waals surface area contributed by atoms with Crippen molar-refractivity contribution in [3.8, 4) is 0 Å². The van der Waals surface area contributed by atoms with Crippen molar-refractivity contribution in [2.75, 3.05) is 5.32 Å². The van der Waals surface area contributed by atoms with E-state index < -0.39 is 10.8 Å². The van der Waals surface area contributed by atoms with Crippen molar-refractivity contribution < 1.29 is 9.72 Å². The Balaban J connectivity index is 2.24. The Morgan fingerprint density at radius 2 is 2.15 bits per heavy atom. The van der Waals surface area contributed by atoms with Crippen LogP contribution in [0.5, 0.6) is 0 Å². The van der Waals surface area contributed by atoms with Crippen molar-refractivity contribution in [1.82, 2.24) is 4.98 Å². The molecule has 0 aliphatic heterocycles. The summed E-state index contributed by atoms with van der Waals surface area (Å²) in [6.45, 7) is 1.58. The van der Waals surface area contributed by atoms with Gasteiger partial charge in [0.25, 0.3) is 11.6 Å². The van der Waals surface area contributed by atoms with Gasteiger partial charge in [0.05, 0.1) is 10.6 Å². The molecule has 7 heteroatoms. The molecule has 0 bridgehead atoms. The van der Waals surface area contributed by atoms with Crippen LogP contribution in [0.2, 0.25) is 5.15 Å². The van der Waals surface area contributed by atoms with Crippen LogP contribution >= 0.6 is 11.6 Å². The summed E-state index contributed by atoms with van der Waals surface area (Å²) in [4.78, 5) is 26.1. The van der Waals surface area contributed by atoms with Gasteiger partial charge in [-0.05, 0) is 31.2 Å². The van der Waals surface area contributed by atoms with Gasteiger partial charge in [-0.1, -0.05) is 11.6 Å². The number of nitrogens with one attached hydrogen (secondary N) is 1. The molecule has 102 valence electrons. The zero-order valence-corrected chi connectivity index (χ0v) is 11.2. The van der Waals surface area contributed by atoms with E-state index >= 15 is 0 Å². The molecule has 2 aromatic rings. The third kappa shape index (κ3) is 2.92. The van der Waals surface area contributed by atoms with Crippen LogP contribution in [0.15, 0.2) is 36.5 Å². The monoisotopic (exact) mass is 291 g/mol. The summed E-state index contributed by atoms with van der Waals surface area (Å²) in [6, 6.07) is 7.41. The van der Waals surface area contributed by atoms with Crippen LogP contribution in [-0.4, -0.2) is 15.8 Å². The third-order valence-electron chi connectivity index (χ3n) is 2.66. The molecule has 20 heavy (non-hydrogen) atoms. The normalized spacial score (nSPS) is 10.1. The Kier molecular flexibility index (Phi) is 3.95. The summed E-state index contributed by atoms with van der Waals surface area (Å²) in [6.07, 6.45) is 1.51. The molecule has 1 aromatic carbocycles. The van der Waals surface area contributed by atoms with Crippen molar-refractivity contribution >= 4 is 28.9 Å². The molecule has 1 amide bonds. The number of nitro groups is 1. The zero-order chi connectivity index (χ0) is 14.7. The molecule has 0 aliphatic carbocycles. The summed E-state index contributed by atoms with van der Waals surface area (Å²) >= 11 is 5.84. The molecule has 1 N–H and O–H groups in total. The average Bonchev–Trinajstić information content (AvgIpc) is 2.40. The number of rotatable bonds is 3. The maximum absolute atomic E-state index is 12.0. The van der Waals surface area contributed by atoms with E-state index in [1.54, 1.807) is 19.1 Å². The Morgan fingerprint density at radius 1 is 1.40 bits per heavy atom. The molecule has 0 fully saturated rings. The topological polar surface area (TPSA) is 85.1 Å². The number of hydrogen-bond donors (Lipinski definition) is 1. The Bertz CT molecular complexity index is 688. The van der Waals surface area contributed by atoms with Gasteiger partial charge in [-0.15, -0.1) is 0 Å². The molecule has 0 saturated carbocycles. The smallest absolute Gasteiger partial charge is 0.272 e. The minimum Gasteiger partial charge on any atom is -0.319 e. The second kappa shape index (κ2) is 5.66. The first-order chi connectivity index (χ1) is 9.49. The van der Waals surface area contributed by atoms with Crippen LogP contribution in [0, 0.1) is 17.0 Å². The highest BCUT2D eigenvalue weighted by Gasteiger charge is 2.14. The standard InChI is InChI=1S/C13H10ClN3O3/c1-8-7-9(4-5-11(8)17(19)20)13(18)16-10-3-2-6-15-12(10)14/h2-7H,1H3,(H,16,18). The lowest BCUT2D eigenvalue weighted by Crippen LogP contribution is -2.12. The van der Waals surface area contributed by atoms with Gasteiger partial charge in [0.1, 0.15) is 0 Å². The van der Waals surface area contributed by atoms with E-state index in [1.165, 1.54) is 24.4 Å². The molecule has 0 spiro atoms. The number of anilines is 1. The van der Waals surface area contributed by atoms with Gasteiger partial charge >= 0.3 is 0 Å². The number of aryl methyl sites for hydroxylation is 1. The lowest BCUT2D eigenvalue weighted by molar-refractivity contribution is -0.385. The summed E-state index contributed by atoms with van der Waals surface area (Å²) in [5.74, 6) is -0.405. The largest absolute Gasteiger partial charge is 0.319 e. The quantitative estimate of drug-likeness (QED) is 0.534. The van der Waals surface area contributed by atoms with E-state index in [9.17, 15) is 14.9 Å². The number of benzene rings is 1. The van der Waals surface area contributed by atoms with Gasteiger partial charge in [-0.25, -0.2) is 4.98 Å². The van der Waals surface area contributed by atoms with Crippen LogP contribution in [0.1, 0.15) is 15.9 Å². The first kappa shape index (κ1) is 14.0. The summed E-state index contributed by atoms with van der Waals surface area (Å²) < 4.78 is 0. The fourth-order valence-corrected chi connectivity index (χ4v) is 1.84. The fraction of sp³-hybridized carbons (Fsp3) is 0.0769. The van der Waals surface area contributed by atoms with E-state index in [0.29, 0.717) is 16.8 Å². The number of nitro benzene ring substituents is 1. The van der Waals surface area contributed by atoms with Crippen molar-refractivity contribution in [3.05, 3.63) is 62.9 Å². The second-order valence-corrected chi connectivity index (χ2v) is 4.41. The molecule has 0 atom stereocenters. The minimum absolute atomic E-state index is 0.0269. The van der Waals surface area contributed by atoms with Gasteiger partial charge in [-0.2, -0.15) is 0 Å². The maximum Gasteiger partial charge on any atom is 0.272 e. The van der Waals surface area contributed by atoms with Gasteiger partial charge in [0.15, 0.2) is 5.15 Å². The van der Waals surface area contributed by atoms with Gasteiger partial charge in [0, 0.05) is 23.4 Å². The van der Waals surface area contributed by atoms with E-state index in [4.69, 9.17) is 11.6 Å². The van der Waals surface area contributed by atoms with Gasteiger partial charge in [-0.3, -0.25) is 14.9 Å². The number of pyridine rings is 1. The Labute approximate surface area is 119 Å². The Hall–Kier alpha value is -2.47. The summed E-state index contributed by atoms with van der Waals surface area (Å²) in [5.41, 5.74) is 1.09. The molecule has 6 nitrogen and oxygen atoms in total. The van der Waals surface area contributed by atoms with Crippen molar-refractivity contribution in [1.29, 1.82) is 0 Å². The minimum atomic E-state index is -0.491. The summed E-state index contributed by atoms with van der Waals surface area (Å²) in [7, 11) is 0. The van der Waals surface area contributed by atoms with Crippen LogP contribution in [0.25, 0.3) is 0 Å². The lowest BCUT2D eigenvalue weighted by Gasteiger charge is -2.07. The highest BCUT2D eigenvalue weighted by atomic mass is 35.5. The van der Waals surface area contributed by atoms with Crippen molar-refractivity contribution in [2.45, 2.75) is 6.92 Å². The number of nitrogens with zero attached hydrogens (tertiary/aromatic N) is 2. The van der Waals surface area contributed by atoms with Crippen LogP contribution in [0.3, 0.4) is 0 Å². The second-order valence-electron chi connectivity index (χ2n) is 4.05. The van der Waals surface area contributed by atoms with Crippen LogP contribution in [0.4, 0.5) is 11.4 Å². The molecule has 1 aromatic heterocycles. The maximum atomic E-state index is 12.0. The SMILES string of the molecule is Cc1cc(C(=O)Nc2cccnc2Cl)ccc1[N+](=O)[O-]. The lowest BCUT2D eigenvalue weighted by atomic mass is 10.1. The highest BCUT2D eigenvalue weighted by Crippen LogP contribution is 2.21. The summed E-state index contributed by atoms with van der Waals surface area (Å²) in [5, 5.41) is 13.5. The van der Waals surface area contributed by atoms with E-state index in [-0.39, 0.29) is 10.8 Å². The molecular formula is C13H10ClN3O3. The van der Waals surface area contributed by atoms with Crippen LogP contribution < -0.4 is 5.32 Å². The molecule has 0 saturated heterocycles. The predicted molar refractivity (Wildman–Crippen MR) is 75.0 cm³/mol. The highest BCUT2D eigenvalue weighted by molar-refractivity contribution is 6.32. The molecule has 1 heterocycles. The fourth-order valence-electron chi connectivity index (χ4n) is 1.68. The van der Waals surface area contributed by atoms with E-state index in [1.807, 2.05) is 0 Å². The van der Waals surface area contributed by atoms with E-state index in [0.717, 1.165) is 0 Å². The Morgan fingerprint density at radius 3 is 2.75 bits per heavy atom. The average molecular weight is 292 g/mol. The van der Waals surface area contributed by atoms with Gasteiger partial charge < -0.3 is 5.32 Å². The molecule has 0 unspecified atom stereocenters. The number of aromatic nitrogens is 1. The first-order valence-corrected chi connectivity index (χ1v) is 6.04. The number of carbonyl (C=O) groups is 1. The zero-order valence-electron chi connectivity index (χ0n) is 10.5. The number of amides is 1. The predicted octanol–water partition coefficient (Wildman–Crippen LogP) is 3.20. The molecule has 2 rings (SSSR count).